The molecule has 0 aliphatic heterocycles. The van der Waals surface area contributed by atoms with Gasteiger partial charge in [0.2, 0.25) is 0 Å². The van der Waals surface area contributed by atoms with Crippen LogP contribution >= 0.6 is 0 Å². The molecule has 2 heteroatoms. The monoisotopic (exact) mass is 224 g/mol. The molecule has 2 aromatic rings. The molecule has 1 aromatic heterocycles. The van der Waals surface area contributed by atoms with Gasteiger partial charge in [-0.3, -0.25) is 4.98 Å². The summed E-state index contributed by atoms with van der Waals surface area (Å²) in [6, 6.07) is 10.4. The van der Waals surface area contributed by atoms with Gasteiger partial charge in [0.25, 0.3) is 0 Å². The van der Waals surface area contributed by atoms with Gasteiger partial charge in [-0.2, -0.15) is 0 Å². The van der Waals surface area contributed by atoms with Gasteiger partial charge >= 0.3 is 0 Å². The Morgan fingerprint density at radius 2 is 2.06 bits per heavy atom. The number of para-hydroxylation sites is 1. The number of nitrogens with zero attached hydrogens (tertiary/aromatic N) is 1. The number of nitrogens with one attached hydrogen (secondary N) is 1. The summed E-state index contributed by atoms with van der Waals surface area (Å²) in [4.78, 5) is 4.44. The van der Waals surface area contributed by atoms with Crippen LogP contribution in [0.4, 0.5) is 0 Å². The summed E-state index contributed by atoms with van der Waals surface area (Å²) in [6.45, 7) is 1.83. The summed E-state index contributed by atoms with van der Waals surface area (Å²) in [5.41, 5.74) is 2.39. The minimum absolute atomic E-state index is 0.786. The molecular formula is C15H16N2. The molecule has 0 unspecified atom stereocenters. The average Bonchev–Trinajstić information content (AvgIpc) is 2.39. The molecule has 0 atom stereocenters. The van der Waals surface area contributed by atoms with Crippen molar-refractivity contribution in [3.8, 4) is 12.3 Å². The van der Waals surface area contributed by atoms with Crippen LogP contribution in [0.5, 0.6) is 0 Å². The Balaban J connectivity index is 2.01. The zero-order valence-electron chi connectivity index (χ0n) is 9.82. The van der Waals surface area contributed by atoms with Crippen molar-refractivity contribution in [2.45, 2.75) is 12.8 Å². The number of pyridine rings is 1. The highest BCUT2D eigenvalue weighted by Gasteiger charge is 2.00. The van der Waals surface area contributed by atoms with Crippen molar-refractivity contribution in [1.29, 1.82) is 0 Å². The van der Waals surface area contributed by atoms with Crippen molar-refractivity contribution in [2.75, 3.05) is 13.1 Å². The molecule has 86 valence electrons. The predicted molar refractivity (Wildman–Crippen MR) is 71.8 cm³/mol. The first kappa shape index (κ1) is 11.6. The highest BCUT2D eigenvalue weighted by atomic mass is 14.8. The first-order valence-electron chi connectivity index (χ1n) is 5.88. The Morgan fingerprint density at radius 1 is 1.18 bits per heavy atom. The Hall–Kier alpha value is -1.85. The van der Waals surface area contributed by atoms with Crippen LogP contribution in [0.15, 0.2) is 36.5 Å². The molecule has 1 N–H and O–H groups in total. The molecule has 0 aliphatic carbocycles. The molecule has 0 spiro atoms. The summed E-state index contributed by atoms with van der Waals surface area (Å²) >= 11 is 0. The minimum Gasteiger partial charge on any atom is -0.315 e. The number of rotatable bonds is 5. The van der Waals surface area contributed by atoms with Crippen molar-refractivity contribution >= 4 is 10.9 Å². The standard InChI is InChI=1S/C15H16N2/c1-2-3-10-16-12-9-14-7-4-6-13-8-5-11-17-15(13)14/h1,4-8,11,16H,3,9-10,12H2. The Kier molecular flexibility index (Phi) is 4.12. The fourth-order valence-electron chi connectivity index (χ4n) is 1.88. The van der Waals surface area contributed by atoms with Crippen LogP contribution in [-0.4, -0.2) is 18.1 Å². The summed E-state index contributed by atoms with van der Waals surface area (Å²) in [5.74, 6) is 2.62. The highest BCUT2D eigenvalue weighted by Crippen LogP contribution is 2.15. The third-order valence-electron chi connectivity index (χ3n) is 2.73. The molecule has 2 rings (SSSR count). The molecular weight excluding hydrogens is 208 g/mol. The summed E-state index contributed by atoms with van der Waals surface area (Å²) in [5, 5.41) is 4.53. The highest BCUT2D eigenvalue weighted by molar-refractivity contribution is 5.81. The number of terminal acetylenes is 1. The summed E-state index contributed by atoms with van der Waals surface area (Å²) in [7, 11) is 0. The van der Waals surface area contributed by atoms with E-state index < -0.39 is 0 Å². The quantitative estimate of drug-likeness (QED) is 0.623. The lowest BCUT2D eigenvalue weighted by molar-refractivity contribution is 0.695. The van der Waals surface area contributed by atoms with Gasteiger partial charge in [-0.25, -0.2) is 0 Å². The van der Waals surface area contributed by atoms with Gasteiger partial charge in [-0.15, -0.1) is 12.3 Å². The summed E-state index contributed by atoms with van der Waals surface area (Å²) < 4.78 is 0. The second-order valence-electron chi connectivity index (χ2n) is 3.95. The van der Waals surface area contributed by atoms with Gasteiger partial charge in [0.05, 0.1) is 5.52 Å². The van der Waals surface area contributed by atoms with Gasteiger partial charge in [-0.1, -0.05) is 24.3 Å². The molecule has 0 bridgehead atoms. The lowest BCUT2D eigenvalue weighted by atomic mass is 10.1. The first-order valence-corrected chi connectivity index (χ1v) is 5.88. The van der Waals surface area contributed by atoms with E-state index in [1.807, 2.05) is 12.3 Å². The van der Waals surface area contributed by atoms with E-state index in [1.165, 1.54) is 10.9 Å². The number of aromatic nitrogens is 1. The van der Waals surface area contributed by atoms with Crippen LogP contribution in [-0.2, 0) is 6.42 Å². The summed E-state index contributed by atoms with van der Waals surface area (Å²) in [6.07, 6.45) is 8.81. The van der Waals surface area contributed by atoms with E-state index in [4.69, 9.17) is 6.42 Å². The maximum Gasteiger partial charge on any atom is 0.0734 e. The molecule has 0 saturated heterocycles. The van der Waals surface area contributed by atoms with E-state index in [0.717, 1.165) is 31.4 Å². The SMILES string of the molecule is C#CCCNCCc1cccc2cccnc12. The normalized spacial score (nSPS) is 10.3. The maximum atomic E-state index is 5.20. The topological polar surface area (TPSA) is 24.9 Å². The van der Waals surface area contributed by atoms with Gasteiger partial charge < -0.3 is 5.32 Å². The minimum atomic E-state index is 0.786. The molecule has 0 amide bonds. The lowest BCUT2D eigenvalue weighted by Crippen LogP contribution is -2.18. The fraction of sp³-hybridized carbons (Fsp3) is 0.267. The van der Waals surface area contributed by atoms with E-state index in [-0.39, 0.29) is 0 Å². The van der Waals surface area contributed by atoms with Crippen LogP contribution in [0, 0.1) is 12.3 Å². The van der Waals surface area contributed by atoms with Gasteiger partial charge in [-0.05, 0) is 24.6 Å². The van der Waals surface area contributed by atoms with E-state index in [2.05, 4.69) is 40.5 Å². The molecule has 0 saturated carbocycles. The number of benzene rings is 1. The fourth-order valence-corrected chi connectivity index (χ4v) is 1.88. The van der Waals surface area contributed by atoms with Gasteiger partial charge in [0.15, 0.2) is 0 Å². The Labute approximate surface area is 102 Å². The zero-order valence-corrected chi connectivity index (χ0v) is 9.82. The molecule has 1 heterocycles. The molecule has 0 fully saturated rings. The molecule has 1 aromatic carbocycles. The van der Waals surface area contributed by atoms with Gasteiger partial charge in [0, 0.05) is 24.5 Å². The number of hydrogen-bond acceptors (Lipinski definition) is 2. The van der Waals surface area contributed by atoms with Crippen LogP contribution in [0.2, 0.25) is 0 Å². The van der Waals surface area contributed by atoms with Crippen molar-refractivity contribution in [2.24, 2.45) is 0 Å². The lowest BCUT2D eigenvalue weighted by Gasteiger charge is -2.06. The third kappa shape index (κ3) is 3.05. The van der Waals surface area contributed by atoms with E-state index in [0.29, 0.717) is 0 Å². The largest absolute Gasteiger partial charge is 0.315 e. The third-order valence-corrected chi connectivity index (χ3v) is 2.73. The Bertz CT molecular complexity index is 520. The smallest absolute Gasteiger partial charge is 0.0734 e. The molecule has 0 radical (unpaired) electrons. The molecule has 17 heavy (non-hydrogen) atoms. The van der Waals surface area contributed by atoms with E-state index >= 15 is 0 Å². The average molecular weight is 224 g/mol. The van der Waals surface area contributed by atoms with Crippen LogP contribution in [0.25, 0.3) is 10.9 Å². The van der Waals surface area contributed by atoms with Crippen LogP contribution in [0.3, 0.4) is 0 Å². The number of hydrogen-bond donors (Lipinski definition) is 1. The second-order valence-corrected chi connectivity index (χ2v) is 3.95. The van der Waals surface area contributed by atoms with Gasteiger partial charge in [0.1, 0.15) is 0 Å². The van der Waals surface area contributed by atoms with Crippen molar-refractivity contribution < 1.29 is 0 Å². The maximum absolute atomic E-state index is 5.20. The van der Waals surface area contributed by atoms with Crippen LogP contribution in [0.1, 0.15) is 12.0 Å². The second kappa shape index (κ2) is 6.03. The van der Waals surface area contributed by atoms with Crippen molar-refractivity contribution in [3.05, 3.63) is 42.1 Å². The first-order chi connectivity index (χ1) is 8.42. The van der Waals surface area contributed by atoms with E-state index in [1.54, 1.807) is 0 Å². The predicted octanol–water partition coefficient (Wildman–Crippen LogP) is 2.39. The number of fused-ring (bicyclic) bond motifs is 1. The zero-order chi connectivity index (χ0) is 11.9. The van der Waals surface area contributed by atoms with Crippen LogP contribution < -0.4 is 5.32 Å². The van der Waals surface area contributed by atoms with Crippen molar-refractivity contribution in [3.63, 3.8) is 0 Å². The Morgan fingerprint density at radius 3 is 2.94 bits per heavy atom. The molecule has 0 aliphatic rings. The van der Waals surface area contributed by atoms with Crippen molar-refractivity contribution in [1.82, 2.24) is 10.3 Å². The van der Waals surface area contributed by atoms with E-state index in [9.17, 15) is 0 Å². The molecule has 2 nitrogen and oxygen atoms in total.